The minimum atomic E-state index is 0.358. The lowest BCUT2D eigenvalue weighted by Gasteiger charge is -2.33. The summed E-state index contributed by atoms with van der Waals surface area (Å²) in [7, 11) is 0. The predicted molar refractivity (Wildman–Crippen MR) is 67.3 cm³/mol. The molecule has 3 aliphatic rings. The van der Waals surface area contributed by atoms with Crippen LogP contribution in [0.2, 0.25) is 0 Å². The number of benzene rings is 1. The third-order valence-electron chi connectivity index (χ3n) is 4.40. The molecule has 0 aliphatic carbocycles. The molecular weight excluding hydrogens is 244 g/mol. The summed E-state index contributed by atoms with van der Waals surface area (Å²) in [6.07, 6.45) is 0. The van der Waals surface area contributed by atoms with E-state index in [0.29, 0.717) is 12.8 Å². The van der Waals surface area contributed by atoms with E-state index in [4.69, 9.17) is 14.2 Å². The Morgan fingerprint density at radius 3 is 2.74 bits per heavy atom. The van der Waals surface area contributed by atoms with Gasteiger partial charge in [-0.2, -0.15) is 0 Å². The number of nitrogens with two attached hydrogens (primary N) is 1. The lowest BCUT2D eigenvalue weighted by molar-refractivity contribution is -0.954. The molecule has 102 valence electrons. The van der Waals surface area contributed by atoms with Gasteiger partial charge in [-0.25, -0.2) is 0 Å². The van der Waals surface area contributed by atoms with Crippen molar-refractivity contribution in [1.82, 2.24) is 0 Å². The second-order valence-electron chi connectivity index (χ2n) is 5.46. The van der Waals surface area contributed by atoms with Crippen LogP contribution in [0.25, 0.3) is 0 Å². The lowest BCUT2D eigenvalue weighted by atomic mass is 9.94. The summed E-state index contributed by atoms with van der Waals surface area (Å²) in [6, 6.07) is 4.93. The van der Waals surface area contributed by atoms with Crippen molar-refractivity contribution < 1.29 is 24.4 Å². The van der Waals surface area contributed by atoms with E-state index in [2.05, 4.69) is 17.4 Å². The molecule has 0 aromatic heterocycles. The molecule has 3 heterocycles. The van der Waals surface area contributed by atoms with E-state index in [1.807, 2.05) is 0 Å². The fraction of sp³-hybridized carbons (Fsp3) is 0.571. The van der Waals surface area contributed by atoms with Gasteiger partial charge in [0.2, 0.25) is 6.79 Å². The summed E-state index contributed by atoms with van der Waals surface area (Å²) in [5.41, 5.74) is 2.85. The minimum Gasteiger partial charge on any atom is -0.454 e. The Morgan fingerprint density at radius 1 is 1.11 bits per heavy atom. The van der Waals surface area contributed by atoms with Crippen LogP contribution in [-0.4, -0.2) is 39.6 Å². The number of hydrogen-bond donors (Lipinski definition) is 2. The molecule has 5 heteroatoms. The second-order valence-corrected chi connectivity index (χ2v) is 5.46. The summed E-state index contributed by atoms with van der Waals surface area (Å²) in [5, 5.41) is 2.40. The van der Waals surface area contributed by atoms with Crippen LogP contribution in [0, 0.1) is 0 Å². The average molecular weight is 264 g/mol. The maximum Gasteiger partial charge on any atom is 0.231 e. The zero-order valence-corrected chi connectivity index (χ0v) is 11.0. The normalized spacial score (nSPS) is 26.2. The fourth-order valence-corrected chi connectivity index (χ4v) is 3.40. The van der Waals surface area contributed by atoms with E-state index in [1.165, 1.54) is 11.1 Å². The van der Waals surface area contributed by atoms with Gasteiger partial charge in [0, 0.05) is 11.1 Å². The van der Waals surface area contributed by atoms with Crippen LogP contribution in [-0.2, 0) is 11.3 Å². The zero-order valence-electron chi connectivity index (χ0n) is 11.0. The highest BCUT2D eigenvalue weighted by atomic mass is 16.7. The standard InChI is InChI=1S/C14H18N2O3/c1-3-17-4-2-16(1)12-8-15-7-10-5-13-14(6-11(10)12)19-9-18-13/h5-6,12,15H,1-4,7-9H2/p+2/t12-/m1/s1. The molecule has 3 N–H and O–H groups in total. The Labute approximate surface area is 112 Å². The number of morpholine rings is 1. The largest absolute Gasteiger partial charge is 0.454 e. The van der Waals surface area contributed by atoms with Gasteiger partial charge in [-0.15, -0.1) is 0 Å². The van der Waals surface area contributed by atoms with Gasteiger partial charge in [0.1, 0.15) is 26.2 Å². The van der Waals surface area contributed by atoms with Crippen LogP contribution < -0.4 is 19.7 Å². The molecule has 1 fully saturated rings. The van der Waals surface area contributed by atoms with E-state index < -0.39 is 0 Å². The van der Waals surface area contributed by atoms with Gasteiger partial charge in [-0.3, -0.25) is 0 Å². The Morgan fingerprint density at radius 2 is 1.89 bits per heavy atom. The SMILES string of the molecule is c1c2c(cc3c1OCO3)[C@H]([NH+]1CCOCC1)C[NH2+]C2. The Hall–Kier alpha value is -1.30. The van der Waals surface area contributed by atoms with Gasteiger partial charge in [0.05, 0.1) is 13.2 Å². The molecule has 0 radical (unpaired) electrons. The first kappa shape index (κ1) is 11.5. The first-order valence-corrected chi connectivity index (χ1v) is 7.08. The summed E-state index contributed by atoms with van der Waals surface area (Å²) in [6.45, 7) is 6.53. The van der Waals surface area contributed by atoms with Crippen molar-refractivity contribution in [3.05, 3.63) is 23.3 Å². The van der Waals surface area contributed by atoms with Gasteiger partial charge in [0.25, 0.3) is 0 Å². The smallest absolute Gasteiger partial charge is 0.231 e. The molecule has 1 aromatic carbocycles. The summed E-state index contributed by atoms with van der Waals surface area (Å²) < 4.78 is 16.5. The van der Waals surface area contributed by atoms with E-state index in [-0.39, 0.29) is 0 Å². The Kier molecular flexibility index (Phi) is 2.83. The second kappa shape index (κ2) is 4.67. The quantitative estimate of drug-likeness (QED) is 0.645. The van der Waals surface area contributed by atoms with Crippen molar-refractivity contribution in [1.29, 1.82) is 0 Å². The number of ether oxygens (including phenoxy) is 3. The van der Waals surface area contributed by atoms with E-state index in [9.17, 15) is 0 Å². The number of hydrogen-bond acceptors (Lipinski definition) is 3. The molecule has 1 saturated heterocycles. The van der Waals surface area contributed by atoms with E-state index >= 15 is 0 Å². The first-order chi connectivity index (χ1) is 9.42. The monoisotopic (exact) mass is 264 g/mol. The third kappa shape index (κ3) is 1.98. The maximum atomic E-state index is 5.53. The highest BCUT2D eigenvalue weighted by molar-refractivity contribution is 5.49. The highest BCUT2D eigenvalue weighted by Crippen LogP contribution is 2.36. The maximum absolute atomic E-state index is 5.53. The topological polar surface area (TPSA) is 48.7 Å². The zero-order chi connectivity index (χ0) is 12.7. The van der Waals surface area contributed by atoms with Gasteiger partial charge in [-0.1, -0.05) is 0 Å². The molecule has 0 saturated carbocycles. The van der Waals surface area contributed by atoms with Crippen LogP contribution in [0.4, 0.5) is 0 Å². The first-order valence-electron chi connectivity index (χ1n) is 7.08. The van der Waals surface area contributed by atoms with Crippen molar-refractivity contribution in [2.45, 2.75) is 12.6 Å². The van der Waals surface area contributed by atoms with E-state index in [1.54, 1.807) is 4.90 Å². The fourth-order valence-electron chi connectivity index (χ4n) is 3.40. The minimum absolute atomic E-state index is 0.358. The predicted octanol–water partition coefficient (Wildman–Crippen LogP) is -1.55. The van der Waals surface area contributed by atoms with Crippen LogP contribution >= 0.6 is 0 Å². The van der Waals surface area contributed by atoms with Gasteiger partial charge in [-0.05, 0) is 12.1 Å². The molecule has 19 heavy (non-hydrogen) atoms. The Bertz CT molecular complexity index is 486. The molecule has 0 bridgehead atoms. The number of nitrogens with one attached hydrogen (secondary N) is 1. The van der Waals surface area contributed by atoms with Crippen molar-refractivity contribution in [3.8, 4) is 11.5 Å². The molecular formula is C14H20N2O3+2. The average Bonchev–Trinajstić information content (AvgIpc) is 2.92. The number of quaternary nitrogens is 2. The molecule has 0 spiro atoms. The summed E-state index contributed by atoms with van der Waals surface area (Å²) in [5.74, 6) is 1.82. The number of fused-ring (bicyclic) bond motifs is 2. The van der Waals surface area contributed by atoms with Crippen LogP contribution in [0.3, 0.4) is 0 Å². The van der Waals surface area contributed by atoms with Crippen LogP contribution in [0.15, 0.2) is 12.1 Å². The number of rotatable bonds is 1. The molecule has 1 atom stereocenters. The van der Waals surface area contributed by atoms with E-state index in [0.717, 1.165) is 50.9 Å². The van der Waals surface area contributed by atoms with Crippen molar-refractivity contribution in [2.75, 3.05) is 39.6 Å². The van der Waals surface area contributed by atoms with Crippen molar-refractivity contribution in [2.24, 2.45) is 0 Å². The molecule has 0 unspecified atom stereocenters. The summed E-state index contributed by atoms with van der Waals surface area (Å²) in [4.78, 5) is 1.64. The Balaban J connectivity index is 1.69. The molecule has 3 aliphatic heterocycles. The van der Waals surface area contributed by atoms with Gasteiger partial charge >= 0.3 is 0 Å². The van der Waals surface area contributed by atoms with Crippen LogP contribution in [0.1, 0.15) is 17.2 Å². The third-order valence-corrected chi connectivity index (χ3v) is 4.40. The van der Waals surface area contributed by atoms with Gasteiger partial charge < -0.3 is 24.4 Å². The van der Waals surface area contributed by atoms with Crippen molar-refractivity contribution in [3.63, 3.8) is 0 Å². The van der Waals surface area contributed by atoms with Crippen molar-refractivity contribution >= 4 is 0 Å². The van der Waals surface area contributed by atoms with Crippen LogP contribution in [0.5, 0.6) is 11.5 Å². The molecule has 0 amide bonds. The summed E-state index contributed by atoms with van der Waals surface area (Å²) >= 11 is 0. The molecule has 5 nitrogen and oxygen atoms in total. The molecule has 1 aromatic rings. The molecule has 4 rings (SSSR count). The lowest BCUT2D eigenvalue weighted by Crippen LogP contribution is -3.17. The highest BCUT2D eigenvalue weighted by Gasteiger charge is 2.34. The van der Waals surface area contributed by atoms with Gasteiger partial charge in [0.15, 0.2) is 17.5 Å².